The number of benzene rings is 1. The maximum Gasteiger partial charge on any atom is 0.248 e. The summed E-state index contributed by atoms with van der Waals surface area (Å²) in [6.45, 7) is 5.75. The molecule has 0 aliphatic carbocycles. The number of carbonyl (C=O) groups is 1. The Morgan fingerprint density at radius 3 is 3.00 bits per heavy atom. The molecule has 0 N–H and O–H groups in total. The summed E-state index contributed by atoms with van der Waals surface area (Å²) in [5.74, 6) is 1.78. The van der Waals surface area contributed by atoms with Crippen LogP contribution in [0.5, 0.6) is 5.75 Å². The zero-order valence-corrected chi connectivity index (χ0v) is 14.6. The molecule has 2 aliphatic rings. The summed E-state index contributed by atoms with van der Waals surface area (Å²) in [5.41, 5.74) is 1.33. The number of fused-ring (bicyclic) bond motifs is 1. The van der Waals surface area contributed by atoms with Gasteiger partial charge in [-0.3, -0.25) is 4.79 Å². The molecule has 3 rings (SSSR count). The van der Waals surface area contributed by atoms with Crippen LogP contribution in [0.1, 0.15) is 18.4 Å². The second kappa shape index (κ2) is 8.49. The average Bonchev–Trinajstić information content (AvgIpc) is 2.93. The molecule has 132 valence electrons. The standard InChI is InChI=1S/C19H28N2O3/c1-23-15-19(22)21-9-4-8-20(10-11-21)14-16-7-12-24-18-6-3-2-5-17(18)13-16/h2-3,5-6,16H,4,7-15H2,1H3/t16-/m1/s1. The number of amides is 1. The van der Waals surface area contributed by atoms with E-state index in [-0.39, 0.29) is 12.5 Å². The van der Waals surface area contributed by atoms with Gasteiger partial charge in [-0.1, -0.05) is 18.2 Å². The van der Waals surface area contributed by atoms with E-state index in [0.29, 0.717) is 5.92 Å². The quantitative estimate of drug-likeness (QED) is 0.843. The Hall–Kier alpha value is -1.59. The molecule has 2 aliphatic heterocycles. The molecule has 5 heteroatoms. The Kier molecular flexibility index (Phi) is 6.10. The lowest BCUT2D eigenvalue weighted by molar-refractivity contribution is -0.135. The van der Waals surface area contributed by atoms with Crippen LogP contribution in [0.4, 0.5) is 0 Å². The summed E-state index contributed by atoms with van der Waals surface area (Å²) >= 11 is 0. The molecular formula is C19H28N2O3. The molecule has 0 spiro atoms. The van der Waals surface area contributed by atoms with Gasteiger partial charge < -0.3 is 19.3 Å². The highest BCUT2D eigenvalue weighted by molar-refractivity contribution is 5.77. The molecule has 0 radical (unpaired) electrons. The third-order valence-electron chi connectivity index (χ3n) is 4.99. The van der Waals surface area contributed by atoms with Crippen molar-refractivity contribution in [2.45, 2.75) is 19.3 Å². The van der Waals surface area contributed by atoms with Crippen LogP contribution in [-0.4, -0.2) is 68.8 Å². The van der Waals surface area contributed by atoms with Gasteiger partial charge in [-0.05, 0) is 43.4 Å². The van der Waals surface area contributed by atoms with E-state index in [1.54, 1.807) is 7.11 Å². The molecule has 1 aromatic rings. The first-order valence-corrected chi connectivity index (χ1v) is 8.96. The zero-order valence-electron chi connectivity index (χ0n) is 14.6. The average molecular weight is 332 g/mol. The smallest absolute Gasteiger partial charge is 0.248 e. The summed E-state index contributed by atoms with van der Waals surface area (Å²) < 4.78 is 10.9. The largest absolute Gasteiger partial charge is 0.493 e. The second-order valence-electron chi connectivity index (χ2n) is 6.78. The van der Waals surface area contributed by atoms with Gasteiger partial charge in [-0.15, -0.1) is 0 Å². The molecule has 1 saturated heterocycles. The van der Waals surface area contributed by atoms with Crippen molar-refractivity contribution < 1.29 is 14.3 Å². The predicted octanol–water partition coefficient (Wildman–Crippen LogP) is 1.81. The molecule has 1 atom stereocenters. The summed E-state index contributed by atoms with van der Waals surface area (Å²) in [4.78, 5) is 16.4. The fourth-order valence-corrected chi connectivity index (χ4v) is 3.70. The topological polar surface area (TPSA) is 42.0 Å². The van der Waals surface area contributed by atoms with Crippen molar-refractivity contribution >= 4 is 5.91 Å². The molecule has 0 aromatic heterocycles. The molecule has 5 nitrogen and oxygen atoms in total. The highest BCUT2D eigenvalue weighted by atomic mass is 16.5. The first kappa shape index (κ1) is 17.2. The lowest BCUT2D eigenvalue weighted by Crippen LogP contribution is -2.38. The molecular weight excluding hydrogens is 304 g/mol. The SMILES string of the molecule is COCC(=O)N1CCCN(C[C@@H]2CCOc3ccccc3C2)CC1. The molecule has 0 bridgehead atoms. The summed E-state index contributed by atoms with van der Waals surface area (Å²) in [7, 11) is 1.58. The predicted molar refractivity (Wildman–Crippen MR) is 93.3 cm³/mol. The van der Waals surface area contributed by atoms with Gasteiger partial charge in [0.1, 0.15) is 12.4 Å². The van der Waals surface area contributed by atoms with Crippen molar-refractivity contribution in [3.63, 3.8) is 0 Å². The Labute approximate surface area is 144 Å². The van der Waals surface area contributed by atoms with Gasteiger partial charge in [-0.2, -0.15) is 0 Å². The van der Waals surface area contributed by atoms with E-state index >= 15 is 0 Å². The molecule has 24 heavy (non-hydrogen) atoms. The van der Waals surface area contributed by atoms with Crippen LogP contribution in [0, 0.1) is 5.92 Å². The van der Waals surface area contributed by atoms with Gasteiger partial charge in [0.15, 0.2) is 0 Å². The minimum absolute atomic E-state index is 0.108. The van der Waals surface area contributed by atoms with Crippen molar-refractivity contribution in [2.75, 3.05) is 53.0 Å². The number of rotatable bonds is 4. The molecule has 2 heterocycles. The van der Waals surface area contributed by atoms with Crippen LogP contribution in [0.3, 0.4) is 0 Å². The van der Waals surface area contributed by atoms with Gasteiger partial charge in [0, 0.05) is 33.3 Å². The van der Waals surface area contributed by atoms with Crippen molar-refractivity contribution in [3.05, 3.63) is 29.8 Å². The van der Waals surface area contributed by atoms with Crippen LogP contribution >= 0.6 is 0 Å². The van der Waals surface area contributed by atoms with E-state index in [1.165, 1.54) is 5.56 Å². The zero-order chi connectivity index (χ0) is 16.8. The molecule has 1 amide bonds. The van der Waals surface area contributed by atoms with Gasteiger partial charge in [0.2, 0.25) is 5.91 Å². The first-order chi connectivity index (χ1) is 11.8. The van der Waals surface area contributed by atoms with Crippen LogP contribution in [0.25, 0.3) is 0 Å². The van der Waals surface area contributed by atoms with Crippen LogP contribution in [0.15, 0.2) is 24.3 Å². The number of hydrogen-bond donors (Lipinski definition) is 0. The van der Waals surface area contributed by atoms with Crippen LogP contribution in [-0.2, 0) is 16.0 Å². The fraction of sp³-hybridized carbons (Fsp3) is 0.632. The second-order valence-corrected chi connectivity index (χ2v) is 6.78. The van der Waals surface area contributed by atoms with E-state index in [9.17, 15) is 4.79 Å². The third-order valence-corrected chi connectivity index (χ3v) is 4.99. The molecule has 1 aromatic carbocycles. The summed E-state index contributed by atoms with van der Waals surface area (Å²) in [6, 6.07) is 8.39. The van der Waals surface area contributed by atoms with Crippen molar-refractivity contribution in [2.24, 2.45) is 5.92 Å². The Morgan fingerprint density at radius 1 is 1.25 bits per heavy atom. The lowest BCUT2D eigenvalue weighted by atomic mass is 9.96. The lowest BCUT2D eigenvalue weighted by Gasteiger charge is -2.25. The van der Waals surface area contributed by atoms with Gasteiger partial charge >= 0.3 is 0 Å². The first-order valence-electron chi connectivity index (χ1n) is 8.96. The highest BCUT2D eigenvalue weighted by Gasteiger charge is 2.23. The summed E-state index contributed by atoms with van der Waals surface area (Å²) in [6.07, 6.45) is 3.21. The van der Waals surface area contributed by atoms with Crippen molar-refractivity contribution in [1.29, 1.82) is 0 Å². The third kappa shape index (κ3) is 4.48. The minimum atomic E-state index is 0.108. The number of ether oxygens (including phenoxy) is 2. The Morgan fingerprint density at radius 2 is 2.12 bits per heavy atom. The number of nitrogens with zero attached hydrogens (tertiary/aromatic N) is 2. The normalized spacial score (nSPS) is 22.2. The number of methoxy groups -OCH3 is 1. The molecule has 1 fully saturated rings. The number of hydrogen-bond acceptors (Lipinski definition) is 4. The monoisotopic (exact) mass is 332 g/mol. The van der Waals surface area contributed by atoms with E-state index in [4.69, 9.17) is 9.47 Å². The Bertz CT molecular complexity index is 549. The maximum atomic E-state index is 12.0. The highest BCUT2D eigenvalue weighted by Crippen LogP contribution is 2.27. The molecule has 0 unspecified atom stereocenters. The van der Waals surface area contributed by atoms with Crippen molar-refractivity contribution in [1.82, 2.24) is 9.80 Å². The minimum Gasteiger partial charge on any atom is -0.493 e. The Balaban J connectivity index is 1.54. The van der Waals surface area contributed by atoms with E-state index < -0.39 is 0 Å². The van der Waals surface area contributed by atoms with Crippen molar-refractivity contribution in [3.8, 4) is 5.75 Å². The summed E-state index contributed by atoms with van der Waals surface area (Å²) in [5, 5.41) is 0. The van der Waals surface area contributed by atoms with E-state index in [0.717, 1.165) is 64.3 Å². The van der Waals surface area contributed by atoms with E-state index in [2.05, 4.69) is 23.1 Å². The van der Waals surface area contributed by atoms with Crippen LogP contribution in [0.2, 0.25) is 0 Å². The van der Waals surface area contributed by atoms with E-state index in [1.807, 2.05) is 11.0 Å². The number of para-hydroxylation sites is 1. The maximum absolute atomic E-state index is 12.0. The van der Waals surface area contributed by atoms with Gasteiger partial charge in [0.25, 0.3) is 0 Å². The van der Waals surface area contributed by atoms with Crippen LogP contribution < -0.4 is 4.74 Å². The van der Waals surface area contributed by atoms with Gasteiger partial charge in [-0.25, -0.2) is 0 Å². The molecule has 0 saturated carbocycles. The fourth-order valence-electron chi connectivity index (χ4n) is 3.70. The number of carbonyl (C=O) groups excluding carboxylic acids is 1. The van der Waals surface area contributed by atoms with Gasteiger partial charge in [0.05, 0.1) is 6.61 Å².